The van der Waals surface area contributed by atoms with Crippen LogP contribution in [0.2, 0.25) is 0 Å². The average molecular weight is 336 g/mol. The Labute approximate surface area is 129 Å². The predicted molar refractivity (Wildman–Crippen MR) is 87.2 cm³/mol. The van der Waals surface area contributed by atoms with Crippen LogP contribution in [0.25, 0.3) is 0 Å². The van der Waals surface area contributed by atoms with Crippen molar-refractivity contribution in [2.45, 2.75) is 40.2 Å². The number of furan rings is 1. The maximum Gasteiger partial charge on any atom is 0.169 e. The number of benzene rings is 1. The molecule has 20 heavy (non-hydrogen) atoms. The van der Waals surface area contributed by atoms with Crippen molar-refractivity contribution in [2.75, 3.05) is 6.54 Å². The Morgan fingerprint density at radius 1 is 1.10 bits per heavy atom. The van der Waals surface area contributed by atoms with E-state index >= 15 is 0 Å². The predicted octanol–water partition coefficient (Wildman–Crippen LogP) is 5.06. The van der Waals surface area contributed by atoms with Crippen LogP contribution in [0.15, 0.2) is 33.4 Å². The highest BCUT2D eigenvalue weighted by Crippen LogP contribution is 2.29. The Bertz CT molecular complexity index is 589. The second kappa shape index (κ2) is 6.59. The fourth-order valence-electron chi connectivity index (χ4n) is 2.43. The van der Waals surface area contributed by atoms with Crippen molar-refractivity contribution in [3.63, 3.8) is 0 Å². The standard InChI is InChI=1S/C17H22BrNO/c1-5-8-19-17(15-6-7-16(18)20-15)14-10-12(3)11(2)9-13(14)4/h6-7,9-10,17,19H,5,8H2,1-4H3. The monoisotopic (exact) mass is 335 g/mol. The second-order valence-corrected chi connectivity index (χ2v) is 6.10. The summed E-state index contributed by atoms with van der Waals surface area (Å²) in [6.45, 7) is 9.63. The van der Waals surface area contributed by atoms with E-state index in [-0.39, 0.29) is 6.04 Å². The van der Waals surface area contributed by atoms with Gasteiger partial charge < -0.3 is 9.73 Å². The lowest BCUT2D eigenvalue weighted by molar-refractivity contribution is 0.432. The molecule has 0 radical (unpaired) electrons. The second-order valence-electron chi connectivity index (χ2n) is 5.32. The molecule has 2 aromatic rings. The molecule has 2 nitrogen and oxygen atoms in total. The molecule has 1 heterocycles. The van der Waals surface area contributed by atoms with Gasteiger partial charge in [0.1, 0.15) is 5.76 Å². The van der Waals surface area contributed by atoms with Gasteiger partial charge in [-0.3, -0.25) is 0 Å². The van der Waals surface area contributed by atoms with E-state index in [9.17, 15) is 0 Å². The van der Waals surface area contributed by atoms with Crippen molar-refractivity contribution in [2.24, 2.45) is 0 Å². The minimum Gasteiger partial charge on any atom is -0.452 e. The molecule has 1 aromatic carbocycles. The first kappa shape index (κ1) is 15.3. The van der Waals surface area contributed by atoms with Gasteiger partial charge in [-0.1, -0.05) is 19.1 Å². The van der Waals surface area contributed by atoms with Crippen molar-refractivity contribution in [3.05, 3.63) is 56.9 Å². The molecule has 0 aliphatic heterocycles. The van der Waals surface area contributed by atoms with Crippen molar-refractivity contribution >= 4 is 15.9 Å². The van der Waals surface area contributed by atoms with Gasteiger partial charge >= 0.3 is 0 Å². The maximum atomic E-state index is 5.78. The van der Waals surface area contributed by atoms with Crippen LogP contribution < -0.4 is 5.32 Å². The van der Waals surface area contributed by atoms with E-state index in [4.69, 9.17) is 4.42 Å². The largest absolute Gasteiger partial charge is 0.452 e. The van der Waals surface area contributed by atoms with Crippen molar-refractivity contribution in [1.82, 2.24) is 5.32 Å². The minimum absolute atomic E-state index is 0.112. The highest BCUT2D eigenvalue weighted by Gasteiger charge is 2.19. The minimum atomic E-state index is 0.112. The molecule has 1 aromatic heterocycles. The Morgan fingerprint density at radius 2 is 1.80 bits per heavy atom. The van der Waals surface area contributed by atoms with Gasteiger partial charge in [-0.05, 0) is 84.1 Å². The van der Waals surface area contributed by atoms with Crippen LogP contribution in [0.3, 0.4) is 0 Å². The lowest BCUT2D eigenvalue weighted by Gasteiger charge is -2.20. The van der Waals surface area contributed by atoms with Crippen molar-refractivity contribution in [3.8, 4) is 0 Å². The normalized spacial score (nSPS) is 12.7. The molecule has 3 heteroatoms. The van der Waals surface area contributed by atoms with Gasteiger partial charge in [-0.25, -0.2) is 0 Å². The molecular weight excluding hydrogens is 314 g/mol. The van der Waals surface area contributed by atoms with Crippen LogP contribution in [0, 0.1) is 20.8 Å². The Hall–Kier alpha value is -1.06. The SMILES string of the molecule is CCCNC(c1ccc(Br)o1)c1cc(C)c(C)cc1C. The van der Waals surface area contributed by atoms with Gasteiger partial charge in [-0.2, -0.15) is 0 Å². The number of hydrogen-bond donors (Lipinski definition) is 1. The molecule has 1 unspecified atom stereocenters. The van der Waals surface area contributed by atoms with Crippen molar-refractivity contribution in [1.29, 1.82) is 0 Å². The number of aryl methyl sites for hydroxylation is 3. The fourth-order valence-corrected chi connectivity index (χ4v) is 2.75. The maximum absolute atomic E-state index is 5.78. The molecule has 0 aliphatic carbocycles. The van der Waals surface area contributed by atoms with Crippen LogP contribution in [0.5, 0.6) is 0 Å². The molecule has 2 rings (SSSR count). The molecule has 1 N–H and O–H groups in total. The average Bonchev–Trinajstić information content (AvgIpc) is 2.82. The summed E-state index contributed by atoms with van der Waals surface area (Å²) in [7, 11) is 0. The van der Waals surface area contributed by atoms with Crippen LogP contribution in [-0.4, -0.2) is 6.54 Å². The molecule has 0 bridgehead atoms. The first-order valence-corrected chi connectivity index (χ1v) is 7.88. The summed E-state index contributed by atoms with van der Waals surface area (Å²) < 4.78 is 6.55. The highest BCUT2D eigenvalue weighted by molar-refractivity contribution is 9.10. The molecular formula is C17H22BrNO. The molecule has 0 aliphatic rings. The zero-order valence-electron chi connectivity index (χ0n) is 12.6. The summed E-state index contributed by atoms with van der Waals surface area (Å²) in [5, 5.41) is 3.59. The fraction of sp³-hybridized carbons (Fsp3) is 0.412. The number of rotatable bonds is 5. The molecule has 0 saturated heterocycles. The molecule has 0 saturated carbocycles. The first-order chi connectivity index (χ1) is 9.52. The summed E-state index contributed by atoms with van der Waals surface area (Å²) >= 11 is 3.39. The van der Waals surface area contributed by atoms with Gasteiger partial charge in [0.2, 0.25) is 0 Å². The molecule has 0 fully saturated rings. The zero-order valence-corrected chi connectivity index (χ0v) is 14.2. The van der Waals surface area contributed by atoms with E-state index in [1.54, 1.807) is 0 Å². The van der Waals surface area contributed by atoms with Gasteiger partial charge in [0, 0.05) is 0 Å². The Balaban J connectivity index is 2.43. The molecule has 1 atom stereocenters. The van der Waals surface area contributed by atoms with E-state index in [1.165, 1.54) is 22.3 Å². The quantitative estimate of drug-likeness (QED) is 0.826. The van der Waals surface area contributed by atoms with Gasteiger partial charge in [0.25, 0.3) is 0 Å². The summed E-state index contributed by atoms with van der Waals surface area (Å²) in [5.41, 5.74) is 5.25. The van der Waals surface area contributed by atoms with Crippen LogP contribution in [0.1, 0.15) is 47.4 Å². The first-order valence-electron chi connectivity index (χ1n) is 7.09. The summed E-state index contributed by atoms with van der Waals surface area (Å²) in [6.07, 6.45) is 1.10. The highest BCUT2D eigenvalue weighted by atomic mass is 79.9. The summed E-state index contributed by atoms with van der Waals surface area (Å²) in [4.78, 5) is 0. The van der Waals surface area contributed by atoms with Gasteiger partial charge in [-0.15, -0.1) is 0 Å². The van der Waals surface area contributed by atoms with Crippen LogP contribution in [0.4, 0.5) is 0 Å². The third kappa shape index (κ3) is 3.33. The smallest absolute Gasteiger partial charge is 0.169 e. The van der Waals surface area contributed by atoms with E-state index in [0.29, 0.717) is 0 Å². The lowest BCUT2D eigenvalue weighted by Crippen LogP contribution is -2.23. The lowest BCUT2D eigenvalue weighted by atomic mass is 9.94. The van der Waals surface area contributed by atoms with E-state index in [2.05, 4.69) is 61.1 Å². The zero-order chi connectivity index (χ0) is 14.7. The van der Waals surface area contributed by atoms with Crippen LogP contribution >= 0.6 is 15.9 Å². The third-order valence-electron chi connectivity index (χ3n) is 3.67. The summed E-state index contributed by atoms with van der Waals surface area (Å²) in [6, 6.07) is 8.62. The van der Waals surface area contributed by atoms with Crippen molar-refractivity contribution < 1.29 is 4.42 Å². The van der Waals surface area contributed by atoms with Gasteiger partial charge in [0.05, 0.1) is 6.04 Å². The molecule has 0 amide bonds. The number of halogens is 1. The van der Waals surface area contributed by atoms with Gasteiger partial charge in [0.15, 0.2) is 4.67 Å². The molecule has 108 valence electrons. The van der Waals surface area contributed by atoms with E-state index in [1.807, 2.05) is 12.1 Å². The Morgan fingerprint density at radius 3 is 2.40 bits per heavy atom. The number of nitrogens with one attached hydrogen (secondary N) is 1. The third-order valence-corrected chi connectivity index (χ3v) is 4.10. The number of hydrogen-bond acceptors (Lipinski definition) is 2. The van der Waals surface area contributed by atoms with E-state index in [0.717, 1.165) is 23.4 Å². The molecule has 0 spiro atoms. The summed E-state index contributed by atoms with van der Waals surface area (Å²) in [5.74, 6) is 0.955. The topological polar surface area (TPSA) is 25.2 Å². The Kier molecular flexibility index (Phi) is 5.06. The van der Waals surface area contributed by atoms with Crippen LogP contribution in [-0.2, 0) is 0 Å². The van der Waals surface area contributed by atoms with E-state index < -0.39 is 0 Å².